The van der Waals surface area contributed by atoms with Gasteiger partial charge in [0.2, 0.25) is 15.0 Å². The molecule has 1 atom stereocenters. The summed E-state index contributed by atoms with van der Waals surface area (Å²) in [5.74, 6) is 0.532. The van der Waals surface area contributed by atoms with Gasteiger partial charge in [-0.05, 0) is 45.1 Å². The van der Waals surface area contributed by atoms with Crippen LogP contribution in [0.25, 0.3) is 0 Å². The van der Waals surface area contributed by atoms with Gasteiger partial charge in [0.05, 0.1) is 30.3 Å². The lowest BCUT2D eigenvalue weighted by atomic mass is 10.2. The number of rotatable bonds is 10. The Kier molecular flexibility index (Phi) is 6.20. The summed E-state index contributed by atoms with van der Waals surface area (Å²) >= 11 is 0. The first-order chi connectivity index (χ1) is 12.4. The molecule has 1 aliphatic carbocycles. The third-order valence-corrected chi connectivity index (χ3v) is 6.86. The Morgan fingerprint density at radius 3 is 2.77 bits per heavy atom. The van der Waals surface area contributed by atoms with Crippen molar-refractivity contribution in [2.24, 2.45) is 5.92 Å². The quantitative estimate of drug-likeness (QED) is 0.583. The van der Waals surface area contributed by atoms with Crippen molar-refractivity contribution in [3.8, 4) is 0 Å². The number of aromatic nitrogens is 2. The number of likely N-dealkylation sites (N-methyl/N-ethyl adjacent to an activating group) is 1. The Hall–Kier alpha value is -1.18. The highest BCUT2D eigenvalue weighted by Gasteiger charge is 2.33. The van der Waals surface area contributed by atoms with E-state index in [0.717, 1.165) is 56.6 Å². The van der Waals surface area contributed by atoms with Crippen LogP contribution in [-0.2, 0) is 27.7 Å². The van der Waals surface area contributed by atoms with Crippen LogP contribution in [0.4, 0.5) is 0 Å². The average Bonchev–Trinajstić information content (AvgIpc) is 3.07. The maximum Gasteiger partial charge on any atom is 0.227 e. The second-order valence-corrected chi connectivity index (χ2v) is 9.69. The van der Waals surface area contributed by atoms with E-state index < -0.39 is 9.84 Å². The van der Waals surface area contributed by atoms with Crippen molar-refractivity contribution < 1.29 is 13.2 Å². The Morgan fingerprint density at radius 1 is 1.42 bits per heavy atom. The highest BCUT2D eigenvalue weighted by atomic mass is 32.2. The van der Waals surface area contributed by atoms with Gasteiger partial charge >= 0.3 is 0 Å². The van der Waals surface area contributed by atoms with E-state index in [1.54, 1.807) is 6.20 Å². The topological polar surface area (TPSA) is 64.4 Å². The van der Waals surface area contributed by atoms with E-state index in [0.29, 0.717) is 19.0 Å². The molecule has 0 amide bonds. The zero-order chi connectivity index (χ0) is 18.7. The van der Waals surface area contributed by atoms with Crippen LogP contribution >= 0.6 is 0 Å². The van der Waals surface area contributed by atoms with Crippen molar-refractivity contribution in [1.82, 2.24) is 14.5 Å². The van der Waals surface area contributed by atoms with Crippen LogP contribution < -0.4 is 0 Å². The molecule has 2 fully saturated rings. The number of sulfone groups is 1. The summed E-state index contributed by atoms with van der Waals surface area (Å²) < 4.78 is 33.4. The van der Waals surface area contributed by atoms with E-state index >= 15 is 0 Å². The molecular weight excluding hydrogens is 350 g/mol. The minimum Gasteiger partial charge on any atom is -0.376 e. The van der Waals surface area contributed by atoms with Crippen molar-refractivity contribution in [3.05, 3.63) is 24.0 Å². The van der Waals surface area contributed by atoms with Crippen molar-refractivity contribution in [2.75, 3.05) is 25.4 Å². The second kappa shape index (κ2) is 8.23. The summed E-state index contributed by atoms with van der Waals surface area (Å²) in [6.07, 6.45) is 5.85. The van der Waals surface area contributed by atoms with Crippen molar-refractivity contribution >= 4 is 9.84 Å². The van der Waals surface area contributed by atoms with Crippen LogP contribution in [0.5, 0.6) is 0 Å². The van der Waals surface area contributed by atoms with Gasteiger partial charge in [-0.25, -0.2) is 13.4 Å². The summed E-state index contributed by atoms with van der Waals surface area (Å²) in [5.41, 5.74) is 2.04. The molecule has 1 saturated heterocycles. The van der Waals surface area contributed by atoms with Crippen LogP contribution in [0.1, 0.15) is 45.2 Å². The highest BCUT2D eigenvalue weighted by molar-refractivity contribution is 7.91. The monoisotopic (exact) mass is 381 g/mol. The normalized spacial score (nSPS) is 20.8. The van der Waals surface area contributed by atoms with Gasteiger partial charge in [0.1, 0.15) is 0 Å². The Morgan fingerprint density at radius 2 is 2.19 bits per heavy atom. The minimum atomic E-state index is -3.35. The summed E-state index contributed by atoms with van der Waals surface area (Å²) in [7, 11) is -3.35. The average molecular weight is 382 g/mol. The zero-order valence-corrected chi connectivity index (χ0v) is 16.8. The van der Waals surface area contributed by atoms with E-state index in [1.807, 2.05) is 11.5 Å². The lowest BCUT2D eigenvalue weighted by Gasteiger charge is -2.22. The molecule has 0 radical (unpaired) electrons. The van der Waals surface area contributed by atoms with Crippen molar-refractivity contribution in [1.29, 1.82) is 0 Å². The molecule has 146 valence electrons. The van der Waals surface area contributed by atoms with Crippen molar-refractivity contribution in [3.63, 3.8) is 0 Å². The highest BCUT2D eigenvalue weighted by Crippen LogP contribution is 2.32. The molecule has 0 bridgehead atoms. The number of ether oxygens (including phenoxy) is 1. The molecule has 0 spiro atoms. The first-order valence-electron chi connectivity index (χ1n) is 9.64. The van der Waals surface area contributed by atoms with Crippen LogP contribution in [0, 0.1) is 5.92 Å². The van der Waals surface area contributed by atoms with Gasteiger partial charge in [-0.1, -0.05) is 19.1 Å². The standard InChI is InChI=1S/C19H31N3O3S/c1-4-21(11-15(2)3)12-17-10-20-19(26(23,24)14-16-7-8-16)22(17)13-18-6-5-9-25-18/h10,16,18H,2,4-9,11-14H2,1,3H3/t18-/m0/s1. The predicted octanol–water partition coefficient (Wildman–Crippen LogP) is 2.64. The van der Waals surface area contributed by atoms with Gasteiger partial charge in [-0.15, -0.1) is 0 Å². The maximum absolute atomic E-state index is 12.9. The fourth-order valence-corrected chi connectivity index (χ4v) is 5.36. The van der Waals surface area contributed by atoms with Gasteiger partial charge in [0.15, 0.2) is 0 Å². The van der Waals surface area contributed by atoms with Gasteiger partial charge < -0.3 is 9.30 Å². The van der Waals surface area contributed by atoms with E-state index in [1.165, 1.54) is 0 Å². The number of nitrogens with zero attached hydrogens (tertiary/aromatic N) is 3. The van der Waals surface area contributed by atoms with Gasteiger partial charge in [0, 0.05) is 19.7 Å². The molecule has 0 N–H and O–H groups in total. The fourth-order valence-electron chi connectivity index (χ4n) is 3.51. The largest absolute Gasteiger partial charge is 0.376 e. The Bertz CT molecular complexity index is 731. The molecule has 1 aromatic heterocycles. The Labute approximate surface area is 157 Å². The van der Waals surface area contributed by atoms with Gasteiger partial charge in [-0.3, -0.25) is 4.90 Å². The first kappa shape index (κ1) is 19.6. The summed E-state index contributed by atoms with van der Waals surface area (Å²) in [4.78, 5) is 6.60. The molecule has 0 aromatic carbocycles. The molecule has 2 aliphatic rings. The molecular formula is C19H31N3O3S. The van der Waals surface area contributed by atoms with Crippen LogP contribution in [0.2, 0.25) is 0 Å². The molecule has 1 aromatic rings. The lowest BCUT2D eigenvalue weighted by Crippen LogP contribution is -2.28. The SMILES string of the molecule is C=C(C)CN(CC)Cc1cnc(S(=O)(=O)CC2CC2)n1C[C@@H]1CCCO1. The summed E-state index contributed by atoms with van der Waals surface area (Å²) in [6.45, 7) is 11.8. The number of hydrogen-bond donors (Lipinski definition) is 0. The first-order valence-corrected chi connectivity index (χ1v) is 11.3. The van der Waals surface area contributed by atoms with E-state index in [4.69, 9.17) is 4.74 Å². The van der Waals surface area contributed by atoms with Crippen molar-refractivity contribution in [2.45, 2.75) is 63.9 Å². The van der Waals surface area contributed by atoms with E-state index in [2.05, 4.69) is 23.4 Å². The third kappa shape index (κ3) is 4.96. The lowest BCUT2D eigenvalue weighted by molar-refractivity contribution is 0.0934. The molecule has 1 saturated carbocycles. The number of hydrogen-bond acceptors (Lipinski definition) is 5. The second-order valence-electron chi connectivity index (χ2n) is 7.76. The molecule has 7 heteroatoms. The van der Waals surface area contributed by atoms with Crippen LogP contribution in [-0.4, -0.2) is 54.4 Å². The molecule has 0 unspecified atom stereocenters. The summed E-state index contributed by atoms with van der Waals surface area (Å²) in [5, 5.41) is 0.223. The smallest absolute Gasteiger partial charge is 0.227 e. The van der Waals surface area contributed by atoms with E-state index in [9.17, 15) is 8.42 Å². The minimum absolute atomic E-state index is 0.0778. The van der Waals surface area contributed by atoms with Gasteiger partial charge in [-0.2, -0.15) is 0 Å². The maximum atomic E-state index is 12.9. The van der Waals surface area contributed by atoms with Crippen LogP contribution in [0.15, 0.2) is 23.5 Å². The fraction of sp³-hybridized carbons (Fsp3) is 0.737. The Balaban J connectivity index is 1.86. The zero-order valence-electron chi connectivity index (χ0n) is 16.0. The summed E-state index contributed by atoms with van der Waals surface area (Å²) in [6, 6.07) is 0. The molecule has 26 heavy (non-hydrogen) atoms. The number of imidazole rings is 1. The van der Waals surface area contributed by atoms with E-state index in [-0.39, 0.29) is 17.0 Å². The molecule has 6 nitrogen and oxygen atoms in total. The van der Waals surface area contributed by atoms with Gasteiger partial charge in [0.25, 0.3) is 0 Å². The third-order valence-electron chi connectivity index (χ3n) is 5.07. The predicted molar refractivity (Wildman–Crippen MR) is 102 cm³/mol. The van der Waals surface area contributed by atoms with Crippen LogP contribution in [0.3, 0.4) is 0 Å². The molecule has 2 heterocycles. The molecule has 1 aliphatic heterocycles. The molecule has 3 rings (SSSR count).